The van der Waals surface area contributed by atoms with E-state index in [9.17, 15) is 15.0 Å². The second kappa shape index (κ2) is 7.28. The van der Waals surface area contributed by atoms with Gasteiger partial charge in [0, 0.05) is 6.07 Å². The number of aryl methyl sites for hydroxylation is 1. The van der Waals surface area contributed by atoms with Gasteiger partial charge in [0.2, 0.25) is 0 Å². The fourth-order valence-corrected chi connectivity index (χ4v) is 3.16. The molecule has 0 fully saturated rings. The number of ether oxygens (including phenoxy) is 2. The van der Waals surface area contributed by atoms with E-state index < -0.39 is 6.10 Å². The summed E-state index contributed by atoms with van der Waals surface area (Å²) in [6.07, 6.45) is 1.37. The molecule has 0 aromatic heterocycles. The van der Waals surface area contributed by atoms with Crippen LogP contribution in [-0.4, -0.2) is 23.1 Å². The third-order valence-electron chi connectivity index (χ3n) is 4.66. The zero-order valence-electron chi connectivity index (χ0n) is 15.3. The van der Waals surface area contributed by atoms with Gasteiger partial charge in [0.05, 0.1) is 19.1 Å². The molecule has 2 aromatic rings. The number of aromatic hydroxyl groups is 2. The van der Waals surface area contributed by atoms with Gasteiger partial charge in [0.25, 0.3) is 0 Å². The summed E-state index contributed by atoms with van der Waals surface area (Å²) in [5, 5.41) is 20.1. The Hall–Kier alpha value is -2.69. The molecule has 1 aliphatic heterocycles. The summed E-state index contributed by atoms with van der Waals surface area (Å²) in [7, 11) is 1.51. The fourth-order valence-electron chi connectivity index (χ4n) is 3.16. The molecule has 3 rings (SSSR count). The van der Waals surface area contributed by atoms with Crippen molar-refractivity contribution in [1.82, 2.24) is 0 Å². The quantitative estimate of drug-likeness (QED) is 0.830. The molecule has 1 atom stereocenters. The lowest BCUT2D eigenvalue weighted by Gasteiger charge is -2.26. The Balaban J connectivity index is 1.96. The molecular weight excluding hydrogens is 332 g/mol. The smallest absolute Gasteiger partial charge is 0.170 e. The highest BCUT2D eigenvalue weighted by atomic mass is 16.5. The maximum atomic E-state index is 12.5. The third-order valence-corrected chi connectivity index (χ3v) is 4.66. The van der Waals surface area contributed by atoms with Gasteiger partial charge in [0.15, 0.2) is 17.3 Å². The Kier molecular flexibility index (Phi) is 5.07. The highest BCUT2D eigenvalue weighted by Crippen LogP contribution is 2.40. The minimum absolute atomic E-state index is 0.0352. The lowest BCUT2D eigenvalue weighted by molar-refractivity contribution is 0.0849. The van der Waals surface area contributed by atoms with Crippen LogP contribution in [0.1, 0.15) is 54.3 Å². The average molecular weight is 356 g/mol. The molecule has 1 heterocycles. The Morgan fingerprint density at radius 3 is 2.69 bits per heavy atom. The number of hydrogen-bond acceptors (Lipinski definition) is 5. The average Bonchev–Trinajstić information content (AvgIpc) is 2.60. The summed E-state index contributed by atoms with van der Waals surface area (Å²) in [6, 6.07) is 8.10. The van der Waals surface area contributed by atoms with E-state index in [1.165, 1.54) is 19.2 Å². The monoisotopic (exact) mass is 356 g/mol. The summed E-state index contributed by atoms with van der Waals surface area (Å²) < 4.78 is 11.3. The van der Waals surface area contributed by atoms with Crippen LogP contribution >= 0.6 is 0 Å². The standard InChI is InChI=1S/C21H24O5/c1-12(2)4-5-13-8-14(9-20(25-3)21(13)24)18-11-17(23)16-7-6-15(22)10-19(16)26-18/h6-10,12,18,22,24H,4-5,11H2,1-3H3/t18-/m1/s1. The number of hydrogen-bond donors (Lipinski definition) is 2. The van der Waals surface area contributed by atoms with Crippen LogP contribution in [-0.2, 0) is 6.42 Å². The van der Waals surface area contributed by atoms with Crippen molar-refractivity contribution in [3.63, 3.8) is 0 Å². The van der Waals surface area contributed by atoms with Crippen molar-refractivity contribution >= 4 is 5.78 Å². The molecule has 0 radical (unpaired) electrons. The zero-order chi connectivity index (χ0) is 18.8. The Morgan fingerprint density at radius 1 is 1.23 bits per heavy atom. The van der Waals surface area contributed by atoms with E-state index in [0.29, 0.717) is 29.4 Å². The van der Waals surface area contributed by atoms with Gasteiger partial charge in [-0.2, -0.15) is 0 Å². The summed E-state index contributed by atoms with van der Waals surface area (Å²) in [5.41, 5.74) is 2.04. The van der Waals surface area contributed by atoms with Crippen molar-refractivity contribution in [2.24, 2.45) is 5.92 Å². The molecule has 2 N–H and O–H groups in total. The number of rotatable bonds is 5. The van der Waals surface area contributed by atoms with Gasteiger partial charge in [-0.1, -0.05) is 13.8 Å². The predicted octanol–water partition coefficient (Wildman–Crippen LogP) is 4.40. The molecule has 0 spiro atoms. The molecule has 0 aliphatic carbocycles. The minimum atomic E-state index is -0.482. The number of fused-ring (bicyclic) bond motifs is 1. The number of phenolic OH excluding ortho intramolecular Hbond substituents is 2. The van der Waals surface area contributed by atoms with Crippen molar-refractivity contribution in [3.05, 3.63) is 47.0 Å². The lowest BCUT2D eigenvalue weighted by atomic mass is 9.93. The van der Waals surface area contributed by atoms with Crippen molar-refractivity contribution in [1.29, 1.82) is 0 Å². The van der Waals surface area contributed by atoms with Crippen LogP contribution in [0.2, 0.25) is 0 Å². The number of methoxy groups -OCH3 is 1. The Morgan fingerprint density at radius 2 is 2.00 bits per heavy atom. The molecule has 1 aliphatic rings. The van der Waals surface area contributed by atoms with E-state index in [1.807, 2.05) is 6.07 Å². The number of carbonyl (C=O) groups is 1. The van der Waals surface area contributed by atoms with Gasteiger partial charge >= 0.3 is 0 Å². The predicted molar refractivity (Wildman–Crippen MR) is 98.2 cm³/mol. The fraction of sp³-hybridized carbons (Fsp3) is 0.381. The van der Waals surface area contributed by atoms with Gasteiger partial charge in [-0.25, -0.2) is 0 Å². The van der Waals surface area contributed by atoms with Crippen LogP contribution in [0, 0.1) is 5.92 Å². The number of ketones is 1. The SMILES string of the molecule is COc1cc([C@H]2CC(=O)c3ccc(O)cc3O2)cc(CCC(C)C)c1O. The van der Waals surface area contributed by atoms with Crippen LogP contribution in [0.15, 0.2) is 30.3 Å². The van der Waals surface area contributed by atoms with Crippen LogP contribution in [0.3, 0.4) is 0 Å². The first kappa shape index (κ1) is 18.1. The van der Waals surface area contributed by atoms with E-state index in [2.05, 4.69) is 13.8 Å². The Bertz CT molecular complexity index is 825. The van der Waals surface area contributed by atoms with Gasteiger partial charge in [0.1, 0.15) is 17.6 Å². The van der Waals surface area contributed by atoms with Gasteiger partial charge in [-0.15, -0.1) is 0 Å². The summed E-state index contributed by atoms with van der Waals surface area (Å²) in [6.45, 7) is 4.26. The molecule has 0 bridgehead atoms. The molecule has 0 saturated heterocycles. The number of carbonyl (C=O) groups excluding carboxylic acids is 1. The molecule has 2 aromatic carbocycles. The van der Waals surface area contributed by atoms with Gasteiger partial charge < -0.3 is 19.7 Å². The molecule has 138 valence electrons. The normalized spacial score (nSPS) is 16.3. The van der Waals surface area contributed by atoms with E-state index in [-0.39, 0.29) is 23.7 Å². The summed E-state index contributed by atoms with van der Waals surface area (Å²) in [4.78, 5) is 12.5. The van der Waals surface area contributed by atoms with Crippen LogP contribution in [0.25, 0.3) is 0 Å². The maximum Gasteiger partial charge on any atom is 0.170 e. The van der Waals surface area contributed by atoms with E-state index in [4.69, 9.17) is 9.47 Å². The number of Topliss-reactive ketones (excluding diaryl/α,β-unsaturated/α-hetero) is 1. The van der Waals surface area contributed by atoms with E-state index in [1.54, 1.807) is 12.1 Å². The second-order valence-electron chi connectivity index (χ2n) is 7.08. The molecule has 0 amide bonds. The van der Waals surface area contributed by atoms with Crippen molar-refractivity contribution in [3.8, 4) is 23.0 Å². The molecule has 0 unspecified atom stereocenters. The molecular formula is C21H24O5. The first-order chi connectivity index (χ1) is 12.4. The van der Waals surface area contributed by atoms with Crippen molar-refractivity contribution in [2.45, 2.75) is 39.2 Å². The van der Waals surface area contributed by atoms with Crippen molar-refractivity contribution in [2.75, 3.05) is 7.11 Å². The second-order valence-corrected chi connectivity index (χ2v) is 7.08. The van der Waals surface area contributed by atoms with E-state index >= 15 is 0 Å². The largest absolute Gasteiger partial charge is 0.508 e. The molecule has 26 heavy (non-hydrogen) atoms. The first-order valence-corrected chi connectivity index (χ1v) is 8.81. The topological polar surface area (TPSA) is 76.0 Å². The van der Waals surface area contributed by atoms with Crippen molar-refractivity contribution < 1.29 is 24.5 Å². The van der Waals surface area contributed by atoms with Gasteiger partial charge in [-0.05, 0) is 54.2 Å². The maximum absolute atomic E-state index is 12.5. The Labute approximate surface area is 153 Å². The highest BCUT2D eigenvalue weighted by Gasteiger charge is 2.29. The van der Waals surface area contributed by atoms with Gasteiger partial charge in [-0.3, -0.25) is 4.79 Å². The summed E-state index contributed by atoms with van der Waals surface area (Å²) in [5.74, 6) is 1.41. The van der Waals surface area contributed by atoms with Crippen LogP contribution in [0.5, 0.6) is 23.0 Å². The molecule has 5 nitrogen and oxygen atoms in total. The zero-order valence-corrected chi connectivity index (χ0v) is 15.3. The van der Waals surface area contributed by atoms with E-state index in [0.717, 1.165) is 17.5 Å². The third kappa shape index (κ3) is 3.62. The lowest BCUT2D eigenvalue weighted by Crippen LogP contribution is -2.20. The minimum Gasteiger partial charge on any atom is -0.508 e. The first-order valence-electron chi connectivity index (χ1n) is 8.81. The summed E-state index contributed by atoms with van der Waals surface area (Å²) >= 11 is 0. The number of phenols is 2. The number of benzene rings is 2. The van der Waals surface area contributed by atoms with Crippen LogP contribution in [0.4, 0.5) is 0 Å². The van der Waals surface area contributed by atoms with Crippen LogP contribution < -0.4 is 9.47 Å². The highest BCUT2D eigenvalue weighted by molar-refractivity contribution is 6.00. The molecule has 0 saturated carbocycles. The molecule has 5 heteroatoms.